The molecule has 1 unspecified atom stereocenters. The quantitative estimate of drug-likeness (QED) is 0.603. The minimum absolute atomic E-state index is 0.227. The molecule has 144 valence electrons. The van der Waals surface area contributed by atoms with Crippen LogP contribution in [0.4, 0.5) is 5.82 Å². The van der Waals surface area contributed by atoms with Gasteiger partial charge < -0.3 is 24.9 Å². The molecule has 1 aliphatic heterocycles. The molecule has 0 radical (unpaired) electrons. The number of nitrogens with zero attached hydrogens (tertiary/aromatic N) is 2. The van der Waals surface area contributed by atoms with E-state index in [1.807, 2.05) is 13.0 Å². The molecule has 1 atom stereocenters. The monoisotopic (exact) mass is 380 g/mol. The fraction of sp³-hybridized carbons (Fsp3) is 0.250. The first-order chi connectivity index (χ1) is 13.4. The predicted octanol–water partition coefficient (Wildman–Crippen LogP) is 1.96. The van der Waals surface area contributed by atoms with Crippen molar-refractivity contribution in [2.75, 3.05) is 11.9 Å². The molecule has 3 N–H and O–H groups in total. The zero-order valence-corrected chi connectivity index (χ0v) is 15.5. The summed E-state index contributed by atoms with van der Waals surface area (Å²) < 4.78 is 7.31. The van der Waals surface area contributed by atoms with Gasteiger partial charge in [-0.1, -0.05) is 18.2 Å². The van der Waals surface area contributed by atoms with Gasteiger partial charge in [-0.05, 0) is 19.1 Å². The molecule has 1 aliphatic rings. The molecule has 2 aromatic heterocycles. The van der Waals surface area contributed by atoms with Gasteiger partial charge >= 0.3 is 0 Å². The van der Waals surface area contributed by atoms with E-state index in [-0.39, 0.29) is 18.9 Å². The van der Waals surface area contributed by atoms with E-state index < -0.39 is 11.6 Å². The van der Waals surface area contributed by atoms with Crippen molar-refractivity contribution in [1.29, 1.82) is 0 Å². The van der Waals surface area contributed by atoms with E-state index >= 15 is 0 Å². The highest BCUT2D eigenvalue weighted by Crippen LogP contribution is 2.35. The second-order valence-corrected chi connectivity index (χ2v) is 6.80. The average molecular weight is 380 g/mol. The molecule has 0 saturated heterocycles. The molecule has 0 bridgehead atoms. The third kappa shape index (κ3) is 3.07. The summed E-state index contributed by atoms with van der Waals surface area (Å²) in [5.41, 5.74) is 0.479. The Morgan fingerprint density at radius 1 is 1.29 bits per heavy atom. The van der Waals surface area contributed by atoms with Crippen LogP contribution in [0.5, 0.6) is 5.75 Å². The van der Waals surface area contributed by atoms with E-state index in [0.29, 0.717) is 28.3 Å². The molecule has 2 amide bonds. The number of carbonyl (C=O) groups is 2. The van der Waals surface area contributed by atoms with Crippen molar-refractivity contribution in [2.24, 2.45) is 0 Å². The number of anilines is 1. The lowest BCUT2D eigenvalue weighted by atomic mass is 9.96. The summed E-state index contributed by atoms with van der Waals surface area (Å²) in [6, 6.07) is 10.4. The average Bonchev–Trinajstić information content (AvgIpc) is 3.06. The Balaban J connectivity index is 1.70. The van der Waals surface area contributed by atoms with Crippen LogP contribution >= 0.6 is 0 Å². The third-order valence-corrected chi connectivity index (χ3v) is 4.73. The van der Waals surface area contributed by atoms with Crippen LogP contribution in [0.1, 0.15) is 35.0 Å². The van der Waals surface area contributed by atoms with Crippen molar-refractivity contribution in [3.8, 4) is 5.75 Å². The third-order valence-electron chi connectivity index (χ3n) is 4.73. The zero-order valence-electron chi connectivity index (χ0n) is 15.5. The van der Waals surface area contributed by atoms with Gasteiger partial charge in [0.05, 0.1) is 12.2 Å². The Morgan fingerprint density at radius 3 is 2.86 bits per heavy atom. The maximum absolute atomic E-state index is 13.0. The number of rotatable bonds is 3. The number of aromatic nitrogens is 2. The highest BCUT2D eigenvalue weighted by atomic mass is 16.5. The second-order valence-electron chi connectivity index (χ2n) is 6.80. The summed E-state index contributed by atoms with van der Waals surface area (Å²) in [7, 11) is 0. The van der Waals surface area contributed by atoms with Gasteiger partial charge in [-0.25, -0.2) is 4.98 Å². The van der Waals surface area contributed by atoms with Crippen molar-refractivity contribution >= 4 is 23.3 Å². The maximum atomic E-state index is 13.0. The number of nitrogens with one attached hydrogen (secondary N) is 2. The van der Waals surface area contributed by atoms with Gasteiger partial charge in [0.15, 0.2) is 11.4 Å². The molecule has 1 aromatic carbocycles. The Kier molecular flexibility index (Phi) is 4.27. The van der Waals surface area contributed by atoms with Crippen molar-refractivity contribution in [1.82, 2.24) is 14.7 Å². The van der Waals surface area contributed by atoms with Crippen LogP contribution in [0.25, 0.3) is 5.65 Å². The lowest BCUT2D eigenvalue weighted by Crippen LogP contribution is -2.48. The number of para-hydroxylation sites is 1. The first kappa shape index (κ1) is 18.0. The highest BCUT2D eigenvalue weighted by molar-refractivity contribution is 6.01. The number of carbonyl (C=O) groups excluding carboxylic acids is 2. The minimum Gasteiger partial charge on any atom is -0.493 e. The van der Waals surface area contributed by atoms with E-state index in [1.165, 1.54) is 6.92 Å². The number of aryl methyl sites for hydroxylation is 1. The van der Waals surface area contributed by atoms with Gasteiger partial charge in [0, 0.05) is 36.9 Å². The molecule has 4 rings (SSSR count). The first-order valence-corrected chi connectivity index (χ1v) is 8.91. The molecule has 8 heteroatoms. The van der Waals surface area contributed by atoms with Crippen molar-refractivity contribution < 1.29 is 19.4 Å². The van der Waals surface area contributed by atoms with Crippen LogP contribution in [0.3, 0.4) is 0 Å². The maximum Gasteiger partial charge on any atom is 0.257 e. The molecular weight excluding hydrogens is 360 g/mol. The molecule has 0 aliphatic carbocycles. The smallest absolute Gasteiger partial charge is 0.257 e. The van der Waals surface area contributed by atoms with Crippen molar-refractivity contribution in [3.63, 3.8) is 0 Å². The largest absolute Gasteiger partial charge is 0.493 e. The van der Waals surface area contributed by atoms with Crippen LogP contribution < -0.4 is 15.4 Å². The standard InChI is InChI=1S/C20H20N4O4/c1-12-11-17(21-13(2)25)22-18-14(7-9-24(12)18)19(26)23-20(27)8-10-28-16-6-4-3-5-15(16)20/h3-7,9,11,27H,8,10H2,1-2H3,(H,23,26)(H,21,22,25). The van der Waals surface area contributed by atoms with E-state index in [4.69, 9.17) is 4.74 Å². The Bertz CT molecular complexity index is 1090. The highest BCUT2D eigenvalue weighted by Gasteiger charge is 2.37. The van der Waals surface area contributed by atoms with E-state index in [2.05, 4.69) is 15.6 Å². The van der Waals surface area contributed by atoms with E-state index in [9.17, 15) is 14.7 Å². The summed E-state index contributed by atoms with van der Waals surface area (Å²) in [5, 5.41) is 16.5. The number of fused-ring (bicyclic) bond motifs is 2. The summed E-state index contributed by atoms with van der Waals surface area (Å²) in [4.78, 5) is 28.7. The van der Waals surface area contributed by atoms with Crippen LogP contribution in [-0.4, -0.2) is 32.9 Å². The SMILES string of the molecule is CC(=O)Nc1cc(C)n2ccc(C(=O)NC3(O)CCOc4ccccc43)c2n1. The van der Waals surface area contributed by atoms with Crippen molar-refractivity contribution in [3.05, 3.63) is 59.4 Å². The molecule has 0 fully saturated rings. The van der Waals surface area contributed by atoms with E-state index in [1.54, 1.807) is 40.9 Å². The zero-order chi connectivity index (χ0) is 19.9. The van der Waals surface area contributed by atoms with Crippen LogP contribution in [0.2, 0.25) is 0 Å². The summed E-state index contributed by atoms with van der Waals surface area (Å²) in [6.45, 7) is 3.53. The Morgan fingerprint density at radius 2 is 2.07 bits per heavy atom. The molecule has 8 nitrogen and oxygen atoms in total. The van der Waals surface area contributed by atoms with Gasteiger partial charge in [-0.15, -0.1) is 0 Å². The number of aliphatic hydroxyl groups is 1. The predicted molar refractivity (Wildman–Crippen MR) is 102 cm³/mol. The molecule has 0 saturated carbocycles. The summed E-state index contributed by atoms with van der Waals surface area (Å²) in [5.74, 6) is 0.191. The fourth-order valence-corrected chi connectivity index (χ4v) is 3.42. The second kappa shape index (κ2) is 6.65. The van der Waals surface area contributed by atoms with Crippen LogP contribution in [0.15, 0.2) is 42.6 Å². The van der Waals surface area contributed by atoms with Gasteiger partial charge in [-0.2, -0.15) is 0 Å². The Hall–Kier alpha value is -3.39. The number of ether oxygens (including phenoxy) is 1. The molecule has 3 heterocycles. The van der Waals surface area contributed by atoms with E-state index in [0.717, 1.165) is 5.69 Å². The molecule has 3 aromatic rings. The number of benzene rings is 1. The first-order valence-electron chi connectivity index (χ1n) is 8.91. The van der Waals surface area contributed by atoms with Crippen molar-refractivity contribution in [2.45, 2.75) is 26.0 Å². The van der Waals surface area contributed by atoms with Gasteiger partial charge in [0.2, 0.25) is 5.91 Å². The molecular formula is C20H20N4O4. The normalized spacial score (nSPS) is 18.2. The van der Waals surface area contributed by atoms with Gasteiger partial charge in [0.25, 0.3) is 5.91 Å². The minimum atomic E-state index is -1.54. The lowest BCUT2D eigenvalue weighted by Gasteiger charge is -2.34. The Labute approximate surface area is 161 Å². The van der Waals surface area contributed by atoms with Crippen LogP contribution in [-0.2, 0) is 10.5 Å². The lowest BCUT2D eigenvalue weighted by molar-refractivity contribution is -0.114. The topological polar surface area (TPSA) is 105 Å². The number of hydrogen-bond donors (Lipinski definition) is 3. The summed E-state index contributed by atoms with van der Waals surface area (Å²) in [6.07, 6.45) is 1.96. The van der Waals surface area contributed by atoms with Gasteiger partial charge in [0.1, 0.15) is 11.6 Å². The summed E-state index contributed by atoms with van der Waals surface area (Å²) >= 11 is 0. The number of amides is 2. The van der Waals surface area contributed by atoms with Crippen LogP contribution in [0, 0.1) is 6.92 Å². The fourth-order valence-electron chi connectivity index (χ4n) is 3.42. The molecule has 28 heavy (non-hydrogen) atoms. The van der Waals surface area contributed by atoms with Gasteiger partial charge in [-0.3, -0.25) is 9.59 Å². The number of hydrogen-bond acceptors (Lipinski definition) is 5. The molecule has 0 spiro atoms.